The van der Waals surface area contributed by atoms with E-state index in [1.54, 1.807) is 6.07 Å². The highest BCUT2D eigenvalue weighted by molar-refractivity contribution is 9.10. The molecule has 0 bridgehead atoms. The van der Waals surface area contributed by atoms with Gasteiger partial charge in [0, 0.05) is 10.9 Å². The predicted octanol–water partition coefficient (Wildman–Crippen LogP) is 4.48. The molecule has 0 saturated carbocycles. The van der Waals surface area contributed by atoms with Gasteiger partial charge in [-0.1, -0.05) is 28.1 Å². The van der Waals surface area contributed by atoms with Crippen LogP contribution in [0.4, 0.5) is 4.39 Å². The summed E-state index contributed by atoms with van der Waals surface area (Å²) in [6, 6.07) is 10.5. The first-order chi connectivity index (χ1) is 8.95. The average Bonchev–Trinajstić information content (AvgIpc) is 2.32. The van der Waals surface area contributed by atoms with Crippen molar-refractivity contribution in [2.45, 2.75) is 26.4 Å². The molecule has 0 aliphatic carbocycles. The summed E-state index contributed by atoms with van der Waals surface area (Å²) in [6.07, 6.45) is -0.212. The predicted molar refractivity (Wildman–Crippen MR) is 78.7 cm³/mol. The van der Waals surface area contributed by atoms with Crippen LogP contribution in [0.5, 0.6) is 0 Å². The number of hydrogen-bond donors (Lipinski definition) is 1. The number of aryl methyl sites for hydroxylation is 2. The second kappa shape index (κ2) is 5.85. The van der Waals surface area contributed by atoms with E-state index in [4.69, 9.17) is 0 Å². The molecule has 2 rings (SSSR count). The lowest BCUT2D eigenvalue weighted by atomic mass is 9.97. The van der Waals surface area contributed by atoms with E-state index in [0.717, 1.165) is 26.7 Å². The second-order valence-corrected chi connectivity index (χ2v) is 5.77. The number of halogens is 2. The molecule has 0 aromatic heterocycles. The first-order valence-electron chi connectivity index (χ1n) is 6.16. The highest BCUT2D eigenvalue weighted by atomic mass is 79.9. The summed E-state index contributed by atoms with van der Waals surface area (Å²) in [5, 5.41) is 10.3. The van der Waals surface area contributed by atoms with E-state index >= 15 is 0 Å². The Kier molecular flexibility index (Phi) is 4.38. The maximum atomic E-state index is 13.2. The van der Waals surface area contributed by atoms with Crippen LogP contribution in [-0.4, -0.2) is 5.11 Å². The quantitative estimate of drug-likeness (QED) is 0.883. The van der Waals surface area contributed by atoms with Crippen LogP contribution in [0, 0.1) is 19.7 Å². The van der Waals surface area contributed by atoms with Crippen LogP contribution < -0.4 is 0 Å². The van der Waals surface area contributed by atoms with Gasteiger partial charge in [-0.3, -0.25) is 0 Å². The van der Waals surface area contributed by atoms with E-state index in [9.17, 15) is 9.50 Å². The Bertz CT molecular complexity index is 575. The summed E-state index contributed by atoms with van der Waals surface area (Å²) in [5.74, 6) is -0.266. The number of aliphatic hydroxyl groups excluding tert-OH is 1. The van der Waals surface area contributed by atoms with Crippen molar-refractivity contribution >= 4 is 15.9 Å². The van der Waals surface area contributed by atoms with Crippen molar-refractivity contribution in [1.29, 1.82) is 0 Å². The monoisotopic (exact) mass is 322 g/mol. The molecular formula is C16H16BrFO. The zero-order valence-electron chi connectivity index (χ0n) is 11.0. The summed E-state index contributed by atoms with van der Waals surface area (Å²) in [4.78, 5) is 0. The Morgan fingerprint density at radius 3 is 2.58 bits per heavy atom. The number of hydrogen-bond acceptors (Lipinski definition) is 1. The SMILES string of the molecule is Cc1cc(Br)cc(C(O)Cc2cc(F)ccc2C)c1. The molecule has 0 amide bonds. The molecule has 100 valence electrons. The van der Waals surface area contributed by atoms with Crippen LogP contribution in [0.25, 0.3) is 0 Å². The third kappa shape index (κ3) is 3.64. The third-order valence-electron chi connectivity index (χ3n) is 3.17. The molecule has 3 heteroatoms. The Balaban J connectivity index is 2.25. The summed E-state index contributed by atoms with van der Waals surface area (Å²) in [5.41, 5.74) is 3.76. The van der Waals surface area contributed by atoms with Gasteiger partial charge in [-0.25, -0.2) is 4.39 Å². The number of aliphatic hydroxyl groups is 1. The molecule has 1 unspecified atom stereocenters. The number of rotatable bonds is 3. The summed E-state index contributed by atoms with van der Waals surface area (Å²) >= 11 is 3.42. The molecule has 2 aromatic carbocycles. The van der Waals surface area contributed by atoms with E-state index in [0.29, 0.717) is 6.42 Å². The lowest BCUT2D eigenvalue weighted by molar-refractivity contribution is 0.178. The molecule has 0 aliphatic rings. The van der Waals surface area contributed by atoms with E-state index < -0.39 is 6.10 Å². The topological polar surface area (TPSA) is 20.2 Å². The summed E-state index contributed by atoms with van der Waals surface area (Å²) in [6.45, 7) is 3.90. The van der Waals surface area contributed by atoms with Gasteiger partial charge in [-0.2, -0.15) is 0 Å². The molecule has 19 heavy (non-hydrogen) atoms. The molecular weight excluding hydrogens is 307 g/mol. The Morgan fingerprint density at radius 1 is 1.16 bits per heavy atom. The number of benzene rings is 2. The summed E-state index contributed by atoms with van der Waals surface area (Å²) in [7, 11) is 0. The molecule has 0 aliphatic heterocycles. The van der Waals surface area contributed by atoms with Crippen LogP contribution >= 0.6 is 15.9 Å². The maximum absolute atomic E-state index is 13.2. The van der Waals surface area contributed by atoms with Gasteiger partial charge in [0.1, 0.15) is 5.82 Å². The molecule has 0 radical (unpaired) electrons. The molecule has 2 aromatic rings. The van der Waals surface area contributed by atoms with E-state index in [2.05, 4.69) is 15.9 Å². The Hall–Kier alpha value is -1.19. The van der Waals surface area contributed by atoms with Crippen molar-refractivity contribution in [1.82, 2.24) is 0 Å². The van der Waals surface area contributed by atoms with Crippen molar-refractivity contribution in [3.63, 3.8) is 0 Å². The molecule has 0 heterocycles. The van der Waals surface area contributed by atoms with Gasteiger partial charge in [0.2, 0.25) is 0 Å². The maximum Gasteiger partial charge on any atom is 0.123 e. The van der Waals surface area contributed by atoms with Gasteiger partial charge >= 0.3 is 0 Å². The minimum atomic E-state index is -0.628. The van der Waals surface area contributed by atoms with Gasteiger partial charge in [0.25, 0.3) is 0 Å². The lowest BCUT2D eigenvalue weighted by Crippen LogP contribution is -2.04. The highest BCUT2D eigenvalue weighted by Crippen LogP contribution is 2.25. The van der Waals surface area contributed by atoms with E-state index in [1.807, 2.05) is 32.0 Å². The first-order valence-corrected chi connectivity index (χ1v) is 6.95. The van der Waals surface area contributed by atoms with Crippen LogP contribution in [0.2, 0.25) is 0 Å². The molecule has 0 spiro atoms. The van der Waals surface area contributed by atoms with Crippen molar-refractivity contribution in [3.8, 4) is 0 Å². The van der Waals surface area contributed by atoms with Gasteiger partial charge in [-0.05, 0) is 60.4 Å². The van der Waals surface area contributed by atoms with Gasteiger partial charge in [0.05, 0.1) is 6.10 Å². The molecule has 0 fully saturated rings. The Morgan fingerprint density at radius 2 is 1.89 bits per heavy atom. The normalized spacial score (nSPS) is 12.5. The molecule has 1 N–H and O–H groups in total. The van der Waals surface area contributed by atoms with Gasteiger partial charge in [0.15, 0.2) is 0 Å². The van der Waals surface area contributed by atoms with Crippen molar-refractivity contribution in [3.05, 3.63) is 68.9 Å². The molecule has 1 atom stereocenters. The van der Waals surface area contributed by atoms with Crippen molar-refractivity contribution in [2.75, 3.05) is 0 Å². The fourth-order valence-electron chi connectivity index (χ4n) is 2.14. The highest BCUT2D eigenvalue weighted by Gasteiger charge is 2.12. The van der Waals surface area contributed by atoms with Crippen LogP contribution in [0.1, 0.15) is 28.4 Å². The Labute approximate surface area is 121 Å². The van der Waals surface area contributed by atoms with Gasteiger partial charge < -0.3 is 5.11 Å². The molecule has 1 nitrogen and oxygen atoms in total. The third-order valence-corrected chi connectivity index (χ3v) is 3.63. The van der Waals surface area contributed by atoms with Crippen molar-refractivity contribution < 1.29 is 9.50 Å². The van der Waals surface area contributed by atoms with Crippen LogP contribution in [-0.2, 0) is 6.42 Å². The first kappa shape index (κ1) is 14.2. The largest absolute Gasteiger partial charge is 0.388 e. The smallest absolute Gasteiger partial charge is 0.123 e. The lowest BCUT2D eigenvalue weighted by Gasteiger charge is -2.14. The molecule has 0 saturated heterocycles. The van der Waals surface area contributed by atoms with Crippen LogP contribution in [0.3, 0.4) is 0 Å². The average molecular weight is 323 g/mol. The standard InChI is InChI=1S/C16H16BrFO/c1-10-5-13(7-14(17)6-10)16(19)9-12-8-15(18)4-3-11(12)2/h3-8,16,19H,9H2,1-2H3. The fourth-order valence-corrected chi connectivity index (χ4v) is 2.77. The van der Waals surface area contributed by atoms with E-state index in [-0.39, 0.29) is 5.82 Å². The summed E-state index contributed by atoms with van der Waals surface area (Å²) < 4.78 is 14.2. The second-order valence-electron chi connectivity index (χ2n) is 4.85. The zero-order chi connectivity index (χ0) is 14.0. The van der Waals surface area contributed by atoms with Gasteiger partial charge in [-0.15, -0.1) is 0 Å². The van der Waals surface area contributed by atoms with Crippen LogP contribution in [0.15, 0.2) is 40.9 Å². The minimum absolute atomic E-state index is 0.266. The van der Waals surface area contributed by atoms with Crippen molar-refractivity contribution in [2.24, 2.45) is 0 Å². The zero-order valence-corrected chi connectivity index (χ0v) is 12.5. The van der Waals surface area contributed by atoms with E-state index in [1.165, 1.54) is 12.1 Å². The minimum Gasteiger partial charge on any atom is -0.388 e. The fraction of sp³-hybridized carbons (Fsp3) is 0.250.